The Bertz CT molecular complexity index is 815. The SMILES string of the molecule is Cc1ccc(NC(=O)c2cc(Cl)nc3ccccc23)nc1. The Morgan fingerprint density at radius 3 is 2.76 bits per heavy atom. The number of anilines is 1. The molecule has 0 aliphatic heterocycles. The first-order chi connectivity index (χ1) is 10.1. The number of rotatable bonds is 2. The third-order valence-corrected chi connectivity index (χ3v) is 3.28. The average Bonchev–Trinajstić information content (AvgIpc) is 2.48. The highest BCUT2D eigenvalue weighted by atomic mass is 35.5. The maximum absolute atomic E-state index is 12.4. The molecule has 0 radical (unpaired) electrons. The maximum atomic E-state index is 12.4. The number of aryl methyl sites for hydroxylation is 1. The van der Waals surface area contributed by atoms with E-state index >= 15 is 0 Å². The molecule has 0 bridgehead atoms. The van der Waals surface area contributed by atoms with Crippen LogP contribution in [0.4, 0.5) is 5.82 Å². The van der Waals surface area contributed by atoms with Gasteiger partial charge >= 0.3 is 0 Å². The van der Waals surface area contributed by atoms with E-state index in [1.807, 2.05) is 37.3 Å². The number of amides is 1. The fourth-order valence-corrected chi connectivity index (χ4v) is 2.26. The second-order valence-corrected chi connectivity index (χ2v) is 5.07. The van der Waals surface area contributed by atoms with Crippen molar-refractivity contribution in [1.29, 1.82) is 0 Å². The zero-order chi connectivity index (χ0) is 14.8. The molecule has 2 heterocycles. The van der Waals surface area contributed by atoms with Crippen LogP contribution in [0, 0.1) is 6.92 Å². The molecule has 3 rings (SSSR count). The Hall–Kier alpha value is -2.46. The minimum absolute atomic E-state index is 0.258. The lowest BCUT2D eigenvalue weighted by Crippen LogP contribution is -2.13. The van der Waals surface area contributed by atoms with Gasteiger partial charge in [-0.3, -0.25) is 4.79 Å². The Kier molecular flexibility index (Phi) is 3.54. The number of nitrogens with one attached hydrogen (secondary N) is 1. The summed E-state index contributed by atoms with van der Waals surface area (Å²) >= 11 is 5.98. The first kappa shape index (κ1) is 13.5. The van der Waals surface area contributed by atoms with Crippen LogP contribution >= 0.6 is 11.6 Å². The summed E-state index contributed by atoms with van der Waals surface area (Å²) in [5.41, 5.74) is 2.20. The Morgan fingerprint density at radius 1 is 1.19 bits per heavy atom. The van der Waals surface area contributed by atoms with Gasteiger partial charge in [-0.25, -0.2) is 9.97 Å². The Labute approximate surface area is 126 Å². The Morgan fingerprint density at radius 2 is 2.00 bits per heavy atom. The van der Waals surface area contributed by atoms with E-state index in [4.69, 9.17) is 11.6 Å². The van der Waals surface area contributed by atoms with Crippen molar-refractivity contribution >= 4 is 34.2 Å². The highest BCUT2D eigenvalue weighted by Crippen LogP contribution is 2.21. The van der Waals surface area contributed by atoms with Crippen LogP contribution in [0.1, 0.15) is 15.9 Å². The van der Waals surface area contributed by atoms with Crippen molar-refractivity contribution in [2.75, 3.05) is 5.32 Å². The van der Waals surface area contributed by atoms with Crippen molar-refractivity contribution in [2.24, 2.45) is 0 Å². The van der Waals surface area contributed by atoms with Crippen molar-refractivity contribution < 1.29 is 4.79 Å². The number of fused-ring (bicyclic) bond motifs is 1. The standard InChI is InChI=1S/C16H12ClN3O/c1-10-6-7-15(18-9-10)20-16(21)12-8-14(17)19-13-5-3-2-4-11(12)13/h2-9H,1H3,(H,18,20,21). The van der Waals surface area contributed by atoms with E-state index in [9.17, 15) is 4.79 Å². The third-order valence-electron chi connectivity index (χ3n) is 3.08. The molecule has 3 aromatic rings. The summed E-state index contributed by atoms with van der Waals surface area (Å²) in [5, 5.41) is 3.81. The first-order valence-corrected chi connectivity index (χ1v) is 6.80. The number of nitrogens with zero attached hydrogens (tertiary/aromatic N) is 2. The Balaban J connectivity index is 1.99. The van der Waals surface area contributed by atoms with Gasteiger partial charge in [-0.05, 0) is 30.7 Å². The first-order valence-electron chi connectivity index (χ1n) is 6.43. The normalized spacial score (nSPS) is 10.6. The van der Waals surface area contributed by atoms with E-state index in [1.54, 1.807) is 18.3 Å². The van der Waals surface area contributed by atoms with Crippen LogP contribution in [0.15, 0.2) is 48.7 Å². The molecule has 0 atom stereocenters. The molecule has 0 spiro atoms. The number of para-hydroxylation sites is 1. The number of benzene rings is 1. The topological polar surface area (TPSA) is 54.9 Å². The number of hydrogen-bond donors (Lipinski definition) is 1. The van der Waals surface area contributed by atoms with Gasteiger partial charge in [-0.1, -0.05) is 35.9 Å². The van der Waals surface area contributed by atoms with Crippen LogP contribution in [0.3, 0.4) is 0 Å². The molecule has 1 amide bonds. The smallest absolute Gasteiger partial charge is 0.257 e. The van der Waals surface area contributed by atoms with E-state index in [2.05, 4.69) is 15.3 Å². The fourth-order valence-electron chi connectivity index (χ4n) is 2.06. The second-order valence-electron chi connectivity index (χ2n) is 4.68. The molecule has 5 heteroatoms. The van der Waals surface area contributed by atoms with Crippen molar-refractivity contribution in [3.05, 3.63) is 64.9 Å². The lowest BCUT2D eigenvalue weighted by atomic mass is 10.1. The van der Waals surface area contributed by atoms with Gasteiger partial charge in [0.1, 0.15) is 11.0 Å². The van der Waals surface area contributed by atoms with E-state index in [1.165, 1.54) is 0 Å². The van der Waals surface area contributed by atoms with Crippen molar-refractivity contribution in [3.8, 4) is 0 Å². The van der Waals surface area contributed by atoms with Crippen LogP contribution in [0.5, 0.6) is 0 Å². The van der Waals surface area contributed by atoms with Gasteiger partial charge in [0.05, 0.1) is 11.1 Å². The minimum Gasteiger partial charge on any atom is -0.307 e. The molecule has 2 aromatic heterocycles. The van der Waals surface area contributed by atoms with Gasteiger partial charge in [0.15, 0.2) is 0 Å². The molecule has 0 saturated heterocycles. The molecule has 21 heavy (non-hydrogen) atoms. The number of pyridine rings is 2. The quantitative estimate of drug-likeness (QED) is 0.731. The lowest BCUT2D eigenvalue weighted by Gasteiger charge is -2.08. The molecule has 1 aromatic carbocycles. The number of carbonyl (C=O) groups is 1. The zero-order valence-electron chi connectivity index (χ0n) is 11.3. The molecule has 104 valence electrons. The van der Waals surface area contributed by atoms with Crippen LogP contribution in [-0.2, 0) is 0 Å². The van der Waals surface area contributed by atoms with Gasteiger partial charge in [0, 0.05) is 11.6 Å². The molecule has 0 saturated carbocycles. The van der Waals surface area contributed by atoms with Crippen molar-refractivity contribution in [3.63, 3.8) is 0 Å². The monoisotopic (exact) mass is 297 g/mol. The molecular weight excluding hydrogens is 286 g/mol. The minimum atomic E-state index is -0.258. The second kappa shape index (κ2) is 5.50. The maximum Gasteiger partial charge on any atom is 0.257 e. The number of aromatic nitrogens is 2. The van der Waals surface area contributed by atoms with Crippen LogP contribution in [0.2, 0.25) is 5.15 Å². The summed E-state index contributed by atoms with van der Waals surface area (Å²) in [6.07, 6.45) is 1.70. The summed E-state index contributed by atoms with van der Waals surface area (Å²) in [6.45, 7) is 1.94. The summed E-state index contributed by atoms with van der Waals surface area (Å²) in [5.74, 6) is 0.245. The predicted octanol–water partition coefficient (Wildman–Crippen LogP) is 3.84. The third kappa shape index (κ3) is 2.85. The molecule has 0 fully saturated rings. The average molecular weight is 298 g/mol. The molecule has 1 N–H and O–H groups in total. The zero-order valence-corrected chi connectivity index (χ0v) is 12.1. The number of carbonyl (C=O) groups excluding carboxylic acids is 1. The highest BCUT2D eigenvalue weighted by molar-refractivity contribution is 6.30. The van der Waals surface area contributed by atoms with Gasteiger partial charge < -0.3 is 5.32 Å². The van der Waals surface area contributed by atoms with Gasteiger partial charge in [0.2, 0.25) is 0 Å². The van der Waals surface area contributed by atoms with Crippen LogP contribution in [0.25, 0.3) is 10.9 Å². The molecular formula is C16H12ClN3O. The van der Waals surface area contributed by atoms with Crippen molar-refractivity contribution in [1.82, 2.24) is 9.97 Å². The number of hydrogen-bond acceptors (Lipinski definition) is 3. The fraction of sp³-hybridized carbons (Fsp3) is 0.0625. The van der Waals surface area contributed by atoms with E-state index in [-0.39, 0.29) is 11.1 Å². The summed E-state index contributed by atoms with van der Waals surface area (Å²) in [4.78, 5) is 20.8. The van der Waals surface area contributed by atoms with E-state index in [0.29, 0.717) is 16.9 Å². The van der Waals surface area contributed by atoms with Gasteiger partial charge in [-0.2, -0.15) is 0 Å². The molecule has 4 nitrogen and oxygen atoms in total. The lowest BCUT2D eigenvalue weighted by molar-refractivity contribution is 0.102. The molecule has 0 unspecified atom stereocenters. The van der Waals surface area contributed by atoms with E-state index < -0.39 is 0 Å². The highest BCUT2D eigenvalue weighted by Gasteiger charge is 2.13. The number of halogens is 1. The van der Waals surface area contributed by atoms with Gasteiger partial charge in [0.25, 0.3) is 5.91 Å². The summed E-state index contributed by atoms with van der Waals surface area (Å²) in [7, 11) is 0. The summed E-state index contributed by atoms with van der Waals surface area (Å²) in [6, 6.07) is 12.6. The van der Waals surface area contributed by atoms with Crippen molar-refractivity contribution in [2.45, 2.75) is 6.92 Å². The molecule has 0 aliphatic carbocycles. The molecule has 0 aliphatic rings. The van der Waals surface area contributed by atoms with Gasteiger partial charge in [-0.15, -0.1) is 0 Å². The van der Waals surface area contributed by atoms with Crippen LogP contribution < -0.4 is 5.32 Å². The largest absolute Gasteiger partial charge is 0.307 e. The predicted molar refractivity (Wildman–Crippen MR) is 83.7 cm³/mol. The van der Waals surface area contributed by atoms with E-state index in [0.717, 1.165) is 10.9 Å². The summed E-state index contributed by atoms with van der Waals surface area (Å²) < 4.78 is 0. The van der Waals surface area contributed by atoms with Crippen LogP contribution in [-0.4, -0.2) is 15.9 Å².